The van der Waals surface area contributed by atoms with Gasteiger partial charge in [-0.05, 0) is 12.5 Å². The SMILES string of the molecule is CCCOc1nccc(C(=N)N)n1. The smallest absolute Gasteiger partial charge is 0.316 e. The molecule has 0 fully saturated rings. The van der Waals surface area contributed by atoms with E-state index in [1.54, 1.807) is 6.07 Å². The summed E-state index contributed by atoms with van der Waals surface area (Å²) in [7, 11) is 0. The number of hydrogen-bond donors (Lipinski definition) is 2. The van der Waals surface area contributed by atoms with Crippen LogP contribution in [0.15, 0.2) is 12.3 Å². The van der Waals surface area contributed by atoms with Gasteiger partial charge in [-0.2, -0.15) is 4.98 Å². The van der Waals surface area contributed by atoms with Crippen molar-refractivity contribution in [3.05, 3.63) is 18.0 Å². The molecule has 0 saturated carbocycles. The Morgan fingerprint density at radius 1 is 1.69 bits per heavy atom. The molecule has 0 atom stereocenters. The van der Waals surface area contributed by atoms with E-state index in [2.05, 4.69) is 9.97 Å². The first kappa shape index (κ1) is 9.44. The molecule has 0 unspecified atom stereocenters. The lowest BCUT2D eigenvalue weighted by Gasteiger charge is -2.02. The Morgan fingerprint density at radius 2 is 2.46 bits per heavy atom. The number of nitrogens with one attached hydrogen (secondary N) is 1. The quantitative estimate of drug-likeness (QED) is 0.523. The van der Waals surface area contributed by atoms with Crippen LogP contribution >= 0.6 is 0 Å². The number of nitrogens with zero attached hydrogens (tertiary/aromatic N) is 2. The summed E-state index contributed by atoms with van der Waals surface area (Å²) >= 11 is 0. The molecule has 0 spiro atoms. The maximum Gasteiger partial charge on any atom is 0.316 e. The largest absolute Gasteiger partial charge is 0.463 e. The van der Waals surface area contributed by atoms with Gasteiger partial charge in [-0.1, -0.05) is 6.92 Å². The molecule has 1 aromatic heterocycles. The van der Waals surface area contributed by atoms with Crippen molar-refractivity contribution >= 4 is 5.84 Å². The average molecular weight is 180 g/mol. The van der Waals surface area contributed by atoms with Crippen molar-refractivity contribution < 1.29 is 4.74 Å². The number of ether oxygens (including phenoxy) is 1. The summed E-state index contributed by atoms with van der Waals surface area (Å²) in [4.78, 5) is 7.80. The zero-order valence-electron chi connectivity index (χ0n) is 7.45. The Kier molecular flexibility index (Phi) is 3.19. The number of nitrogens with two attached hydrogens (primary N) is 1. The molecule has 0 amide bonds. The maximum atomic E-state index is 7.14. The molecule has 0 saturated heterocycles. The van der Waals surface area contributed by atoms with Gasteiger partial charge in [0.25, 0.3) is 0 Å². The molecular formula is C8H12N4O. The fraction of sp³-hybridized carbons (Fsp3) is 0.375. The van der Waals surface area contributed by atoms with E-state index in [1.165, 1.54) is 6.20 Å². The van der Waals surface area contributed by atoms with E-state index in [0.29, 0.717) is 12.3 Å². The Balaban J connectivity index is 2.73. The van der Waals surface area contributed by atoms with Crippen LogP contribution in [0.3, 0.4) is 0 Å². The molecule has 5 heteroatoms. The summed E-state index contributed by atoms with van der Waals surface area (Å²) in [5, 5.41) is 7.14. The Bertz CT molecular complexity index is 300. The van der Waals surface area contributed by atoms with E-state index in [9.17, 15) is 0 Å². The highest BCUT2D eigenvalue weighted by Gasteiger charge is 2.01. The molecule has 1 rings (SSSR count). The molecule has 0 bridgehead atoms. The van der Waals surface area contributed by atoms with Gasteiger partial charge in [0, 0.05) is 6.20 Å². The van der Waals surface area contributed by atoms with Gasteiger partial charge < -0.3 is 10.5 Å². The van der Waals surface area contributed by atoms with Crippen LogP contribution in [0.1, 0.15) is 19.0 Å². The van der Waals surface area contributed by atoms with E-state index in [-0.39, 0.29) is 11.8 Å². The van der Waals surface area contributed by atoms with E-state index < -0.39 is 0 Å². The van der Waals surface area contributed by atoms with E-state index >= 15 is 0 Å². The van der Waals surface area contributed by atoms with Crippen LogP contribution < -0.4 is 10.5 Å². The second-order valence-corrected chi connectivity index (χ2v) is 2.49. The van der Waals surface area contributed by atoms with Crippen LogP contribution in [0.4, 0.5) is 0 Å². The molecule has 1 heterocycles. The average Bonchev–Trinajstić information content (AvgIpc) is 2.15. The van der Waals surface area contributed by atoms with Crippen LogP contribution in [0.5, 0.6) is 6.01 Å². The first-order valence-corrected chi connectivity index (χ1v) is 4.04. The van der Waals surface area contributed by atoms with Crippen molar-refractivity contribution in [3.63, 3.8) is 0 Å². The summed E-state index contributed by atoms with van der Waals surface area (Å²) in [6.45, 7) is 2.57. The number of aromatic nitrogens is 2. The highest BCUT2D eigenvalue weighted by molar-refractivity contribution is 5.92. The van der Waals surface area contributed by atoms with Crippen LogP contribution in [0.25, 0.3) is 0 Å². The highest BCUT2D eigenvalue weighted by Crippen LogP contribution is 2.02. The molecular weight excluding hydrogens is 168 g/mol. The number of rotatable bonds is 4. The molecule has 70 valence electrons. The molecule has 3 N–H and O–H groups in total. The van der Waals surface area contributed by atoms with Gasteiger partial charge in [-0.3, -0.25) is 5.41 Å². The fourth-order valence-corrected chi connectivity index (χ4v) is 0.754. The van der Waals surface area contributed by atoms with Crippen molar-refractivity contribution in [1.82, 2.24) is 9.97 Å². The first-order valence-electron chi connectivity index (χ1n) is 4.04. The van der Waals surface area contributed by atoms with Gasteiger partial charge in [-0.25, -0.2) is 4.98 Å². The minimum Gasteiger partial charge on any atom is -0.463 e. The van der Waals surface area contributed by atoms with Crippen LogP contribution in [0.2, 0.25) is 0 Å². The minimum absolute atomic E-state index is 0.0799. The van der Waals surface area contributed by atoms with Crippen molar-refractivity contribution in [2.45, 2.75) is 13.3 Å². The minimum atomic E-state index is -0.0799. The van der Waals surface area contributed by atoms with E-state index in [1.807, 2.05) is 6.92 Å². The van der Waals surface area contributed by atoms with E-state index in [4.69, 9.17) is 15.9 Å². The zero-order chi connectivity index (χ0) is 9.68. The third-order valence-electron chi connectivity index (χ3n) is 1.34. The molecule has 0 aliphatic heterocycles. The molecule has 0 radical (unpaired) electrons. The second kappa shape index (κ2) is 4.39. The maximum absolute atomic E-state index is 7.14. The Hall–Kier alpha value is -1.65. The second-order valence-electron chi connectivity index (χ2n) is 2.49. The predicted molar refractivity (Wildman–Crippen MR) is 48.8 cm³/mol. The standard InChI is InChI=1S/C8H12N4O/c1-2-5-13-8-11-4-3-6(12-8)7(9)10/h3-4H,2,5H2,1H3,(H3,9,10). The van der Waals surface area contributed by atoms with E-state index in [0.717, 1.165) is 6.42 Å². The lowest BCUT2D eigenvalue weighted by Crippen LogP contribution is -2.14. The van der Waals surface area contributed by atoms with Gasteiger partial charge in [-0.15, -0.1) is 0 Å². The van der Waals surface area contributed by atoms with Crippen LogP contribution in [-0.4, -0.2) is 22.4 Å². The lowest BCUT2D eigenvalue weighted by atomic mass is 10.4. The summed E-state index contributed by atoms with van der Waals surface area (Å²) in [6, 6.07) is 1.84. The summed E-state index contributed by atoms with van der Waals surface area (Å²) in [5.41, 5.74) is 5.64. The molecule has 13 heavy (non-hydrogen) atoms. The molecule has 0 aliphatic rings. The van der Waals surface area contributed by atoms with Crippen molar-refractivity contribution in [1.29, 1.82) is 5.41 Å². The number of hydrogen-bond acceptors (Lipinski definition) is 4. The Morgan fingerprint density at radius 3 is 3.08 bits per heavy atom. The predicted octanol–water partition coefficient (Wildman–Crippen LogP) is 0.549. The van der Waals surface area contributed by atoms with Crippen LogP contribution in [-0.2, 0) is 0 Å². The van der Waals surface area contributed by atoms with Gasteiger partial charge in [0.1, 0.15) is 11.5 Å². The third kappa shape index (κ3) is 2.70. The van der Waals surface area contributed by atoms with Crippen molar-refractivity contribution in [2.24, 2.45) is 5.73 Å². The molecule has 0 aliphatic carbocycles. The molecule has 5 nitrogen and oxygen atoms in total. The van der Waals surface area contributed by atoms with Crippen molar-refractivity contribution in [3.8, 4) is 6.01 Å². The first-order chi connectivity index (χ1) is 6.24. The third-order valence-corrected chi connectivity index (χ3v) is 1.34. The van der Waals surface area contributed by atoms with Gasteiger partial charge in [0.05, 0.1) is 6.61 Å². The highest BCUT2D eigenvalue weighted by atomic mass is 16.5. The fourth-order valence-electron chi connectivity index (χ4n) is 0.754. The van der Waals surface area contributed by atoms with Gasteiger partial charge >= 0.3 is 6.01 Å². The van der Waals surface area contributed by atoms with Crippen LogP contribution in [0, 0.1) is 5.41 Å². The Labute approximate surface area is 76.5 Å². The van der Waals surface area contributed by atoms with Crippen molar-refractivity contribution in [2.75, 3.05) is 6.61 Å². The summed E-state index contributed by atoms with van der Waals surface area (Å²) < 4.78 is 5.17. The normalized spacial score (nSPS) is 9.62. The number of amidine groups is 1. The molecule has 1 aromatic rings. The summed E-state index contributed by atoms with van der Waals surface area (Å²) in [6.07, 6.45) is 2.42. The molecule has 0 aromatic carbocycles. The number of nitrogen functional groups attached to an aromatic ring is 1. The topological polar surface area (TPSA) is 84.9 Å². The zero-order valence-corrected chi connectivity index (χ0v) is 7.45. The lowest BCUT2D eigenvalue weighted by molar-refractivity contribution is 0.292. The monoisotopic (exact) mass is 180 g/mol. The van der Waals surface area contributed by atoms with Gasteiger partial charge in [0.2, 0.25) is 0 Å². The summed E-state index contributed by atoms with van der Waals surface area (Å²) in [5.74, 6) is -0.0799. The van der Waals surface area contributed by atoms with Gasteiger partial charge in [0.15, 0.2) is 0 Å².